The zero-order chi connectivity index (χ0) is 15.9. The van der Waals surface area contributed by atoms with Crippen LogP contribution in [0.15, 0.2) is 42.7 Å². The van der Waals surface area contributed by atoms with E-state index in [0.29, 0.717) is 12.3 Å². The number of anilines is 1. The number of benzene rings is 1. The van der Waals surface area contributed by atoms with Crippen molar-refractivity contribution in [1.29, 1.82) is 0 Å². The molecule has 2 aromatic rings. The highest BCUT2D eigenvalue weighted by molar-refractivity contribution is 5.90. The molecule has 1 fully saturated rings. The zero-order valence-electron chi connectivity index (χ0n) is 13.8. The summed E-state index contributed by atoms with van der Waals surface area (Å²) in [6, 6.07) is 9.90. The fourth-order valence-electron chi connectivity index (χ4n) is 3.00. The van der Waals surface area contributed by atoms with Crippen LogP contribution in [0.25, 0.3) is 0 Å². The largest absolute Gasteiger partial charge is 0.326 e. The minimum Gasteiger partial charge on any atom is -0.326 e. The molecule has 24 heavy (non-hydrogen) atoms. The Kier molecular flexibility index (Phi) is 7.28. The molecular formula is C18H25ClN4O. The molecule has 1 amide bonds. The van der Waals surface area contributed by atoms with E-state index >= 15 is 0 Å². The van der Waals surface area contributed by atoms with E-state index in [4.69, 9.17) is 0 Å². The molecule has 2 heterocycles. The molecular weight excluding hydrogens is 324 g/mol. The highest BCUT2D eigenvalue weighted by Gasteiger charge is 2.14. The molecule has 0 bridgehead atoms. The lowest BCUT2D eigenvalue weighted by atomic mass is 9.93. The highest BCUT2D eigenvalue weighted by atomic mass is 35.5. The quantitative estimate of drug-likeness (QED) is 0.843. The number of hydrogen-bond donors (Lipinski definition) is 2. The Balaban J connectivity index is 0.00000208. The molecule has 0 atom stereocenters. The average Bonchev–Trinajstić information content (AvgIpc) is 3.09. The van der Waals surface area contributed by atoms with E-state index < -0.39 is 0 Å². The number of carbonyl (C=O) groups excluding carboxylic acids is 1. The van der Waals surface area contributed by atoms with Gasteiger partial charge in [-0.05, 0) is 62.0 Å². The van der Waals surface area contributed by atoms with Crippen LogP contribution in [0.2, 0.25) is 0 Å². The van der Waals surface area contributed by atoms with Crippen molar-refractivity contribution in [1.82, 2.24) is 15.1 Å². The molecule has 1 aliphatic rings. The number of piperidine rings is 1. The van der Waals surface area contributed by atoms with Crippen molar-refractivity contribution in [2.45, 2.75) is 32.2 Å². The summed E-state index contributed by atoms with van der Waals surface area (Å²) in [4.78, 5) is 12.1. The number of carbonyl (C=O) groups is 1. The van der Waals surface area contributed by atoms with Crippen LogP contribution in [0.3, 0.4) is 0 Å². The van der Waals surface area contributed by atoms with Crippen LogP contribution in [-0.2, 0) is 11.3 Å². The van der Waals surface area contributed by atoms with Gasteiger partial charge in [0.2, 0.25) is 5.91 Å². The van der Waals surface area contributed by atoms with Crippen molar-refractivity contribution in [3.8, 4) is 0 Å². The molecule has 0 spiro atoms. The van der Waals surface area contributed by atoms with Crippen molar-refractivity contribution in [3.63, 3.8) is 0 Å². The number of amides is 1. The number of aromatic nitrogens is 2. The maximum atomic E-state index is 12.1. The predicted octanol–water partition coefficient (Wildman–Crippen LogP) is 3.07. The van der Waals surface area contributed by atoms with Crippen LogP contribution < -0.4 is 10.6 Å². The monoisotopic (exact) mass is 348 g/mol. The van der Waals surface area contributed by atoms with Crippen molar-refractivity contribution in [2.75, 3.05) is 18.4 Å². The minimum atomic E-state index is 0. The molecule has 3 rings (SSSR count). The van der Waals surface area contributed by atoms with Crippen LogP contribution in [0.4, 0.5) is 5.69 Å². The topological polar surface area (TPSA) is 59.0 Å². The van der Waals surface area contributed by atoms with Gasteiger partial charge in [0.05, 0.1) is 6.54 Å². The Morgan fingerprint density at radius 1 is 1.25 bits per heavy atom. The number of halogens is 1. The van der Waals surface area contributed by atoms with Crippen LogP contribution in [-0.4, -0.2) is 28.8 Å². The van der Waals surface area contributed by atoms with E-state index in [2.05, 4.69) is 15.7 Å². The average molecular weight is 349 g/mol. The summed E-state index contributed by atoms with van der Waals surface area (Å²) in [7, 11) is 0. The lowest BCUT2D eigenvalue weighted by molar-refractivity contribution is -0.116. The summed E-state index contributed by atoms with van der Waals surface area (Å²) in [5.74, 6) is 0.807. The van der Waals surface area contributed by atoms with Gasteiger partial charge in [-0.3, -0.25) is 9.48 Å². The van der Waals surface area contributed by atoms with E-state index in [0.717, 1.165) is 31.7 Å². The van der Waals surface area contributed by atoms with E-state index in [9.17, 15) is 4.79 Å². The summed E-state index contributed by atoms with van der Waals surface area (Å²) < 4.78 is 1.88. The van der Waals surface area contributed by atoms with E-state index in [1.807, 2.05) is 41.2 Å². The number of hydrogen-bond acceptors (Lipinski definition) is 3. The van der Waals surface area contributed by atoms with Gasteiger partial charge in [-0.25, -0.2) is 0 Å². The number of rotatable bonds is 6. The first kappa shape index (κ1) is 18.5. The number of nitrogens with one attached hydrogen (secondary N) is 2. The van der Waals surface area contributed by atoms with Gasteiger partial charge >= 0.3 is 0 Å². The Hall–Kier alpha value is -1.85. The second kappa shape index (κ2) is 9.45. The summed E-state index contributed by atoms with van der Waals surface area (Å²) in [6.07, 6.45) is 7.70. The maximum Gasteiger partial charge on any atom is 0.224 e. The Morgan fingerprint density at radius 3 is 2.67 bits per heavy atom. The Bertz CT molecular complexity index is 606. The first-order chi connectivity index (χ1) is 11.3. The Morgan fingerprint density at radius 2 is 2.00 bits per heavy atom. The van der Waals surface area contributed by atoms with E-state index in [1.165, 1.54) is 18.4 Å². The lowest BCUT2D eigenvalue weighted by Crippen LogP contribution is -2.28. The molecule has 0 aliphatic carbocycles. The summed E-state index contributed by atoms with van der Waals surface area (Å²) in [5, 5.41) is 10.5. The van der Waals surface area contributed by atoms with Crippen molar-refractivity contribution in [2.24, 2.45) is 5.92 Å². The molecule has 1 aromatic heterocycles. The Labute approximate surface area is 149 Å². The second-order valence-corrected chi connectivity index (χ2v) is 6.18. The normalized spacial score (nSPS) is 14.8. The van der Waals surface area contributed by atoms with Gasteiger partial charge in [0.1, 0.15) is 0 Å². The van der Waals surface area contributed by atoms with Crippen molar-refractivity contribution < 1.29 is 4.79 Å². The summed E-state index contributed by atoms with van der Waals surface area (Å²) in [6.45, 7) is 2.92. The second-order valence-electron chi connectivity index (χ2n) is 6.18. The molecule has 0 unspecified atom stereocenters. The summed E-state index contributed by atoms with van der Waals surface area (Å²) in [5.41, 5.74) is 2.03. The van der Waals surface area contributed by atoms with Crippen LogP contribution >= 0.6 is 12.4 Å². The van der Waals surface area contributed by atoms with Crippen LogP contribution in [0.1, 0.15) is 31.2 Å². The smallest absolute Gasteiger partial charge is 0.224 e. The van der Waals surface area contributed by atoms with Gasteiger partial charge in [-0.2, -0.15) is 5.10 Å². The molecule has 5 nitrogen and oxygen atoms in total. The van der Waals surface area contributed by atoms with Gasteiger partial charge in [0.25, 0.3) is 0 Å². The first-order valence-corrected chi connectivity index (χ1v) is 8.36. The van der Waals surface area contributed by atoms with Crippen LogP contribution in [0, 0.1) is 5.92 Å². The van der Waals surface area contributed by atoms with E-state index in [-0.39, 0.29) is 18.3 Å². The SMILES string of the molecule is Cl.O=C(CCC1CCNCC1)Nc1ccc(Cn2cccn2)cc1. The van der Waals surface area contributed by atoms with Gasteiger partial charge < -0.3 is 10.6 Å². The molecule has 130 valence electrons. The zero-order valence-corrected chi connectivity index (χ0v) is 14.6. The maximum absolute atomic E-state index is 12.1. The predicted molar refractivity (Wildman–Crippen MR) is 98.5 cm³/mol. The molecule has 1 saturated heterocycles. The molecule has 2 N–H and O–H groups in total. The molecule has 1 aliphatic heterocycles. The first-order valence-electron chi connectivity index (χ1n) is 8.36. The third-order valence-corrected chi connectivity index (χ3v) is 4.38. The van der Waals surface area contributed by atoms with Crippen molar-refractivity contribution >= 4 is 24.0 Å². The molecule has 0 radical (unpaired) electrons. The van der Waals surface area contributed by atoms with Crippen molar-refractivity contribution in [3.05, 3.63) is 48.3 Å². The third kappa shape index (κ3) is 5.65. The van der Waals surface area contributed by atoms with Gasteiger partial charge in [0.15, 0.2) is 0 Å². The van der Waals surface area contributed by atoms with Gasteiger partial charge in [-0.1, -0.05) is 12.1 Å². The third-order valence-electron chi connectivity index (χ3n) is 4.38. The molecule has 6 heteroatoms. The molecule has 1 aromatic carbocycles. The summed E-state index contributed by atoms with van der Waals surface area (Å²) >= 11 is 0. The van der Waals surface area contributed by atoms with Crippen LogP contribution in [0.5, 0.6) is 0 Å². The standard InChI is InChI=1S/C18H24N4O.ClH/c23-18(7-4-15-8-11-19-12-9-15)21-17-5-2-16(3-6-17)14-22-13-1-10-20-22;/h1-3,5-6,10,13,15,19H,4,7-9,11-12,14H2,(H,21,23);1H. The minimum absolute atomic E-state index is 0. The lowest BCUT2D eigenvalue weighted by Gasteiger charge is -2.22. The highest BCUT2D eigenvalue weighted by Crippen LogP contribution is 2.18. The van der Waals surface area contributed by atoms with E-state index in [1.54, 1.807) is 6.20 Å². The van der Waals surface area contributed by atoms with Gasteiger partial charge in [-0.15, -0.1) is 12.4 Å². The fraction of sp³-hybridized carbons (Fsp3) is 0.444. The number of nitrogens with zero attached hydrogens (tertiary/aromatic N) is 2. The molecule has 0 saturated carbocycles. The fourth-order valence-corrected chi connectivity index (χ4v) is 3.00. The van der Waals surface area contributed by atoms with Gasteiger partial charge in [0, 0.05) is 24.5 Å².